The SMILES string of the molecule is CCCCCCCCCOC(=O)C(C)(C)CCCCCCN(CCO)CCCCCCC1(C(=O)OC(CCCCCCCC)CCCCCCCC)CC1. The van der Waals surface area contributed by atoms with Gasteiger partial charge in [-0.05, 0) is 97.6 Å². The number of aliphatic hydroxyl groups excluding tert-OH is 1. The number of esters is 2. The van der Waals surface area contributed by atoms with Gasteiger partial charge in [0.2, 0.25) is 0 Å². The standard InChI is InChI=1S/C48H93NO5/c1-6-9-12-15-18-25-32-43-53-45(51)47(4,5)35-28-21-23-30-39-49(41-42-50)40-31-24-22-29-36-48(37-38-48)46(52)54-44(33-26-19-16-13-10-7-2)34-27-20-17-14-11-8-3/h44,50H,6-43H2,1-5H3. The van der Waals surface area contributed by atoms with Crippen molar-refractivity contribution in [1.82, 2.24) is 4.90 Å². The summed E-state index contributed by atoms with van der Waals surface area (Å²) in [5.41, 5.74) is -0.599. The average Bonchev–Trinajstić information content (AvgIpc) is 3.95. The van der Waals surface area contributed by atoms with E-state index in [2.05, 4.69) is 25.7 Å². The Labute approximate surface area is 336 Å². The molecule has 1 N–H and O–H groups in total. The Kier molecular flexibility index (Phi) is 32.0. The molecule has 0 heterocycles. The highest BCUT2D eigenvalue weighted by molar-refractivity contribution is 5.80. The average molecular weight is 764 g/mol. The van der Waals surface area contributed by atoms with Gasteiger partial charge in [-0.1, -0.05) is 162 Å². The predicted molar refractivity (Wildman–Crippen MR) is 230 cm³/mol. The van der Waals surface area contributed by atoms with Crippen LogP contribution >= 0.6 is 0 Å². The molecule has 0 atom stereocenters. The number of hydrogen-bond acceptors (Lipinski definition) is 6. The summed E-state index contributed by atoms with van der Waals surface area (Å²) in [6.45, 7) is 14.4. The van der Waals surface area contributed by atoms with E-state index >= 15 is 0 Å². The molecule has 0 saturated heterocycles. The quantitative estimate of drug-likeness (QED) is 0.0494. The molecule has 320 valence electrons. The highest BCUT2D eigenvalue weighted by Crippen LogP contribution is 2.51. The lowest BCUT2D eigenvalue weighted by atomic mass is 9.87. The zero-order valence-corrected chi connectivity index (χ0v) is 37.0. The van der Waals surface area contributed by atoms with E-state index in [1.807, 2.05) is 13.8 Å². The number of aliphatic hydroxyl groups is 1. The zero-order valence-electron chi connectivity index (χ0n) is 37.0. The molecule has 0 unspecified atom stereocenters. The second-order valence-electron chi connectivity index (χ2n) is 18.0. The van der Waals surface area contributed by atoms with Gasteiger partial charge in [-0.25, -0.2) is 0 Å². The molecule has 0 bridgehead atoms. The minimum absolute atomic E-state index is 0.0407. The fourth-order valence-electron chi connectivity index (χ4n) is 7.96. The molecule has 0 radical (unpaired) electrons. The third-order valence-corrected chi connectivity index (χ3v) is 12.2. The Balaban J connectivity index is 2.25. The first-order valence-corrected chi connectivity index (χ1v) is 24.0. The molecule has 1 fully saturated rings. The summed E-state index contributed by atoms with van der Waals surface area (Å²) in [6, 6.07) is 0. The Bertz CT molecular complexity index is 855. The van der Waals surface area contributed by atoms with Crippen LogP contribution in [0.3, 0.4) is 0 Å². The van der Waals surface area contributed by atoms with Crippen molar-refractivity contribution in [3.05, 3.63) is 0 Å². The molecule has 6 nitrogen and oxygen atoms in total. The van der Waals surface area contributed by atoms with Crippen LogP contribution in [0.5, 0.6) is 0 Å². The van der Waals surface area contributed by atoms with Gasteiger partial charge in [0.1, 0.15) is 6.10 Å². The van der Waals surface area contributed by atoms with E-state index in [9.17, 15) is 14.7 Å². The number of unbranched alkanes of at least 4 members (excludes halogenated alkanes) is 22. The second kappa shape index (κ2) is 33.9. The van der Waals surface area contributed by atoms with Crippen molar-refractivity contribution in [3.63, 3.8) is 0 Å². The van der Waals surface area contributed by atoms with Crippen LogP contribution in [0.15, 0.2) is 0 Å². The molecule has 1 aliphatic carbocycles. The summed E-state index contributed by atoms with van der Waals surface area (Å²) in [5.74, 6) is 0.0713. The summed E-state index contributed by atoms with van der Waals surface area (Å²) in [7, 11) is 0. The maximum absolute atomic E-state index is 13.4. The molecule has 0 spiro atoms. The largest absolute Gasteiger partial charge is 0.465 e. The molecular formula is C48H93NO5. The number of nitrogens with zero attached hydrogens (tertiary/aromatic N) is 1. The van der Waals surface area contributed by atoms with Crippen molar-refractivity contribution >= 4 is 11.9 Å². The zero-order chi connectivity index (χ0) is 39.6. The van der Waals surface area contributed by atoms with Crippen LogP contribution in [0, 0.1) is 10.8 Å². The van der Waals surface area contributed by atoms with Gasteiger partial charge in [-0.3, -0.25) is 9.59 Å². The summed E-state index contributed by atoms with van der Waals surface area (Å²) in [4.78, 5) is 28.5. The third-order valence-electron chi connectivity index (χ3n) is 12.2. The van der Waals surface area contributed by atoms with E-state index in [1.54, 1.807) is 0 Å². The summed E-state index contributed by atoms with van der Waals surface area (Å²) < 4.78 is 11.9. The minimum Gasteiger partial charge on any atom is -0.465 e. The van der Waals surface area contributed by atoms with Gasteiger partial charge in [0, 0.05) is 6.54 Å². The lowest BCUT2D eigenvalue weighted by Gasteiger charge is -2.23. The van der Waals surface area contributed by atoms with Crippen LogP contribution < -0.4 is 0 Å². The van der Waals surface area contributed by atoms with E-state index in [0.717, 1.165) is 116 Å². The number of carbonyl (C=O) groups excluding carboxylic acids is 2. The normalized spacial score (nSPS) is 13.9. The number of rotatable bonds is 41. The number of hydrogen-bond donors (Lipinski definition) is 1. The van der Waals surface area contributed by atoms with Crippen molar-refractivity contribution in [3.8, 4) is 0 Å². The van der Waals surface area contributed by atoms with E-state index < -0.39 is 5.41 Å². The molecule has 0 amide bonds. The van der Waals surface area contributed by atoms with E-state index in [-0.39, 0.29) is 30.1 Å². The maximum Gasteiger partial charge on any atom is 0.312 e. The van der Waals surface area contributed by atoms with Crippen LogP contribution in [0.2, 0.25) is 0 Å². The second-order valence-corrected chi connectivity index (χ2v) is 18.0. The Morgan fingerprint density at radius 1 is 0.593 bits per heavy atom. The fraction of sp³-hybridized carbons (Fsp3) is 0.958. The molecule has 0 aromatic heterocycles. The highest BCUT2D eigenvalue weighted by atomic mass is 16.5. The number of carbonyl (C=O) groups is 2. The van der Waals surface area contributed by atoms with Crippen LogP contribution in [0.1, 0.15) is 247 Å². The third kappa shape index (κ3) is 26.7. The lowest BCUT2D eigenvalue weighted by Crippen LogP contribution is -2.29. The smallest absolute Gasteiger partial charge is 0.312 e. The van der Waals surface area contributed by atoms with E-state index in [4.69, 9.17) is 9.47 Å². The van der Waals surface area contributed by atoms with Crippen molar-refractivity contribution in [1.29, 1.82) is 0 Å². The van der Waals surface area contributed by atoms with Crippen molar-refractivity contribution < 1.29 is 24.2 Å². The molecule has 1 aliphatic rings. The highest BCUT2D eigenvalue weighted by Gasteiger charge is 2.51. The Morgan fingerprint density at radius 3 is 1.54 bits per heavy atom. The predicted octanol–water partition coefficient (Wildman–Crippen LogP) is 13.7. The van der Waals surface area contributed by atoms with Gasteiger partial charge >= 0.3 is 11.9 Å². The van der Waals surface area contributed by atoms with Crippen LogP contribution in [-0.4, -0.2) is 60.9 Å². The van der Waals surface area contributed by atoms with Gasteiger partial charge in [-0.15, -0.1) is 0 Å². The number of ether oxygens (including phenoxy) is 2. The minimum atomic E-state index is -0.410. The van der Waals surface area contributed by atoms with Crippen LogP contribution in [0.4, 0.5) is 0 Å². The molecule has 0 aliphatic heterocycles. The van der Waals surface area contributed by atoms with Gasteiger partial charge in [0.25, 0.3) is 0 Å². The molecule has 1 rings (SSSR count). The van der Waals surface area contributed by atoms with Crippen LogP contribution in [-0.2, 0) is 19.1 Å². The van der Waals surface area contributed by atoms with E-state index in [0.29, 0.717) is 6.61 Å². The molecule has 1 saturated carbocycles. The molecular weight excluding hydrogens is 671 g/mol. The molecule has 0 aromatic carbocycles. The topological polar surface area (TPSA) is 76.1 Å². The van der Waals surface area contributed by atoms with Gasteiger partial charge in [0.05, 0.1) is 24.0 Å². The van der Waals surface area contributed by atoms with Gasteiger partial charge in [0.15, 0.2) is 0 Å². The van der Waals surface area contributed by atoms with Crippen molar-refractivity contribution in [2.75, 3.05) is 32.8 Å². The summed E-state index contributed by atoms with van der Waals surface area (Å²) in [5, 5.41) is 9.66. The first-order chi connectivity index (χ1) is 26.2. The van der Waals surface area contributed by atoms with Crippen LogP contribution in [0.25, 0.3) is 0 Å². The van der Waals surface area contributed by atoms with Gasteiger partial charge in [-0.2, -0.15) is 0 Å². The molecule has 54 heavy (non-hydrogen) atoms. The lowest BCUT2D eigenvalue weighted by molar-refractivity contribution is -0.157. The van der Waals surface area contributed by atoms with Crippen molar-refractivity contribution in [2.24, 2.45) is 10.8 Å². The first-order valence-electron chi connectivity index (χ1n) is 24.0. The van der Waals surface area contributed by atoms with Gasteiger partial charge < -0.3 is 19.5 Å². The first kappa shape index (κ1) is 50.9. The maximum atomic E-state index is 13.4. The molecule has 0 aromatic rings. The molecule has 6 heteroatoms. The van der Waals surface area contributed by atoms with Crippen molar-refractivity contribution in [2.45, 2.75) is 253 Å². The monoisotopic (exact) mass is 764 g/mol. The Hall–Kier alpha value is -1.14. The summed E-state index contributed by atoms with van der Waals surface area (Å²) in [6.07, 6.45) is 39.2. The van der Waals surface area contributed by atoms with E-state index in [1.165, 1.54) is 116 Å². The Morgan fingerprint density at radius 2 is 1.04 bits per heavy atom. The summed E-state index contributed by atoms with van der Waals surface area (Å²) >= 11 is 0. The fourth-order valence-corrected chi connectivity index (χ4v) is 7.96.